The van der Waals surface area contributed by atoms with Crippen LogP contribution in [-0.2, 0) is 6.18 Å². The lowest BCUT2D eigenvalue weighted by molar-refractivity contribution is -0.137. The molecule has 0 fully saturated rings. The number of carbonyl (C=O) groups is 1. The molecule has 2 aromatic carbocycles. The second-order valence-electron chi connectivity index (χ2n) is 4.44. The first kappa shape index (κ1) is 15.6. The molecule has 114 valence electrons. The van der Waals surface area contributed by atoms with Crippen LogP contribution < -0.4 is 11.2 Å². The van der Waals surface area contributed by atoms with E-state index in [1.54, 1.807) is 12.1 Å². The number of nitrogens with two attached hydrogens (primary N) is 1. The fourth-order valence-electron chi connectivity index (χ4n) is 1.66. The molecule has 0 aliphatic rings. The number of hydrogen-bond donors (Lipinski definition) is 2. The average molecular weight is 307 g/mol. The summed E-state index contributed by atoms with van der Waals surface area (Å²) < 4.78 is 37.6. The smallest absolute Gasteiger partial charge is 0.399 e. The second kappa shape index (κ2) is 6.30. The van der Waals surface area contributed by atoms with Gasteiger partial charge in [-0.05, 0) is 42.0 Å². The van der Waals surface area contributed by atoms with E-state index in [-0.39, 0.29) is 5.56 Å². The summed E-state index contributed by atoms with van der Waals surface area (Å²) in [7, 11) is 0. The van der Waals surface area contributed by atoms with Gasteiger partial charge in [-0.25, -0.2) is 5.43 Å². The number of rotatable bonds is 3. The van der Waals surface area contributed by atoms with Crippen LogP contribution in [0.25, 0.3) is 0 Å². The highest BCUT2D eigenvalue weighted by Gasteiger charge is 2.30. The lowest BCUT2D eigenvalue weighted by Gasteiger charge is -2.06. The largest absolute Gasteiger partial charge is 0.416 e. The van der Waals surface area contributed by atoms with Crippen molar-refractivity contribution in [2.45, 2.75) is 6.18 Å². The van der Waals surface area contributed by atoms with Crippen molar-refractivity contribution >= 4 is 17.8 Å². The number of benzene rings is 2. The Labute approximate surface area is 124 Å². The van der Waals surface area contributed by atoms with Crippen molar-refractivity contribution in [2.75, 3.05) is 5.73 Å². The molecule has 7 heteroatoms. The molecule has 0 saturated heterocycles. The van der Waals surface area contributed by atoms with Crippen molar-refractivity contribution in [2.24, 2.45) is 5.10 Å². The Hall–Kier alpha value is -2.83. The fraction of sp³-hybridized carbons (Fsp3) is 0.0667. The molecule has 0 atom stereocenters. The Balaban J connectivity index is 2.03. The van der Waals surface area contributed by atoms with Gasteiger partial charge in [0.15, 0.2) is 0 Å². The van der Waals surface area contributed by atoms with Crippen LogP contribution in [0.2, 0.25) is 0 Å². The summed E-state index contributed by atoms with van der Waals surface area (Å²) in [5.41, 5.74) is 8.05. The Morgan fingerprint density at radius 3 is 2.45 bits per heavy atom. The molecule has 0 aliphatic heterocycles. The Morgan fingerprint density at radius 2 is 1.82 bits per heavy atom. The van der Waals surface area contributed by atoms with Gasteiger partial charge in [0.05, 0.1) is 11.8 Å². The minimum absolute atomic E-state index is 0.229. The van der Waals surface area contributed by atoms with Crippen molar-refractivity contribution in [1.29, 1.82) is 0 Å². The summed E-state index contributed by atoms with van der Waals surface area (Å²) in [6.07, 6.45) is -3.28. The second-order valence-corrected chi connectivity index (χ2v) is 4.44. The maximum absolute atomic E-state index is 12.5. The molecule has 0 saturated carbocycles. The molecule has 0 spiro atoms. The maximum Gasteiger partial charge on any atom is 0.416 e. The van der Waals surface area contributed by atoms with E-state index in [1.807, 2.05) is 0 Å². The minimum Gasteiger partial charge on any atom is -0.399 e. The van der Waals surface area contributed by atoms with E-state index in [2.05, 4.69) is 10.5 Å². The summed E-state index contributed by atoms with van der Waals surface area (Å²) in [5, 5.41) is 3.64. The van der Waals surface area contributed by atoms with Crippen LogP contribution >= 0.6 is 0 Å². The number of alkyl halides is 3. The molecular weight excluding hydrogens is 295 g/mol. The van der Waals surface area contributed by atoms with Crippen molar-refractivity contribution in [1.82, 2.24) is 5.43 Å². The number of carbonyl (C=O) groups excluding carboxylic acids is 1. The molecular formula is C15H12F3N3O. The first-order chi connectivity index (χ1) is 10.4. The summed E-state index contributed by atoms with van der Waals surface area (Å²) in [6, 6.07) is 10.8. The fourth-order valence-corrected chi connectivity index (χ4v) is 1.66. The topological polar surface area (TPSA) is 67.5 Å². The summed E-state index contributed by atoms with van der Waals surface area (Å²) in [5.74, 6) is -0.483. The van der Waals surface area contributed by atoms with Crippen LogP contribution in [0.5, 0.6) is 0 Å². The zero-order valence-corrected chi connectivity index (χ0v) is 11.3. The van der Waals surface area contributed by atoms with Gasteiger partial charge >= 0.3 is 6.18 Å². The van der Waals surface area contributed by atoms with Gasteiger partial charge in [-0.2, -0.15) is 18.3 Å². The normalized spacial score (nSPS) is 11.6. The molecule has 0 heterocycles. The summed E-state index contributed by atoms with van der Waals surface area (Å²) in [6.45, 7) is 0. The SMILES string of the molecule is Nc1ccc(C(=O)N/N=C/c2cccc(C(F)(F)F)c2)cc1. The highest BCUT2D eigenvalue weighted by molar-refractivity contribution is 5.95. The van der Waals surface area contributed by atoms with Gasteiger partial charge in [0.25, 0.3) is 5.91 Å². The first-order valence-electron chi connectivity index (χ1n) is 6.22. The highest BCUT2D eigenvalue weighted by atomic mass is 19.4. The molecule has 2 aromatic rings. The molecule has 0 aliphatic carbocycles. The van der Waals surface area contributed by atoms with Crippen LogP contribution in [-0.4, -0.2) is 12.1 Å². The van der Waals surface area contributed by atoms with E-state index in [9.17, 15) is 18.0 Å². The molecule has 0 aromatic heterocycles. The Bertz CT molecular complexity index is 694. The molecule has 3 N–H and O–H groups in total. The van der Waals surface area contributed by atoms with Gasteiger partial charge in [0.1, 0.15) is 0 Å². The average Bonchev–Trinajstić information content (AvgIpc) is 2.47. The monoisotopic (exact) mass is 307 g/mol. The third-order valence-electron chi connectivity index (χ3n) is 2.77. The predicted molar refractivity (Wildman–Crippen MR) is 77.4 cm³/mol. The van der Waals surface area contributed by atoms with Crippen molar-refractivity contribution in [3.05, 3.63) is 65.2 Å². The number of hydrazone groups is 1. The number of amides is 1. The number of halogens is 3. The van der Waals surface area contributed by atoms with Crippen LogP contribution in [0, 0.1) is 0 Å². The lowest BCUT2D eigenvalue weighted by atomic mass is 10.1. The highest BCUT2D eigenvalue weighted by Crippen LogP contribution is 2.29. The standard InChI is InChI=1S/C15H12F3N3O/c16-15(17,18)12-3-1-2-10(8-12)9-20-21-14(22)11-4-6-13(19)7-5-11/h1-9H,19H2,(H,21,22)/b20-9+. The van der Waals surface area contributed by atoms with Crippen molar-refractivity contribution in [3.8, 4) is 0 Å². The number of nitrogen functional groups attached to an aromatic ring is 1. The van der Waals surface area contributed by atoms with E-state index >= 15 is 0 Å². The molecule has 1 amide bonds. The van der Waals surface area contributed by atoms with Gasteiger partial charge in [-0.3, -0.25) is 4.79 Å². The van der Waals surface area contributed by atoms with Gasteiger partial charge in [0.2, 0.25) is 0 Å². The zero-order chi connectivity index (χ0) is 16.2. The molecule has 0 bridgehead atoms. The van der Waals surface area contributed by atoms with E-state index in [1.165, 1.54) is 24.3 Å². The van der Waals surface area contributed by atoms with E-state index < -0.39 is 17.6 Å². The third-order valence-corrected chi connectivity index (χ3v) is 2.77. The van der Waals surface area contributed by atoms with Crippen LogP contribution in [0.3, 0.4) is 0 Å². The van der Waals surface area contributed by atoms with Gasteiger partial charge in [-0.1, -0.05) is 12.1 Å². The third kappa shape index (κ3) is 4.08. The van der Waals surface area contributed by atoms with Gasteiger partial charge in [0, 0.05) is 11.3 Å². The first-order valence-corrected chi connectivity index (χ1v) is 6.22. The van der Waals surface area contributed by atoms with E-state index in [4.69, 9.17) is 5.73 Å². The van der Waals surface area contributed by atoms with Crippen LogP contribution in [0.1, 0.15) is 21.5 Å². The number of anilines is 1. The summed E-state index contributed by atoms with van der Waals surface area (Å²) in [4.78, 5) is 11.7. The molecule has 4 nitrogen and oxygen atoms in total. The molecule has 22 heavy (non-hydrogen) atoms. The molecule has 0 radical (unpaired) electrons. The van der Waals surface area contributed by atoms with Gasteiger partial charge in [-0.15, -0.1) is 0 Å². The van der Waals surface area contributed by atoms with Gasteiger partial charge < -0.3 is 5.73 Å². The predicted octanol–water partition coefficient (Wildman–Crippen LogP) is 3.05. The summed E-state index contributed by atoms with van der Waals surface area (Å²) >= 11 is 0. The van der Waals surface area contributed by atoms with Crippen LogP contribution in [0.4, 0.5) is 18.9 Å². The quantitative estimate of drug-likeness (QED) is 0.520. The van der Waals surface area contributed by atoms with E-state index in [0.717, 1.165) is 18.3 Å². The molecule has 0 unspecified atom stereocenters. The Kier molecular flexibility index (Phi) is 4.45. The Morgan fingerprint density at radius 1 is 1.14 bits per heavy atom. The number of nitrogens with one attached hydrogen (secondary N) is 1. The zero-order valence-electron chi connectivity index (χ0n) is 11.3. The lowest BCUT2D eigenvalue weighted by Crippen LogP contribution is -2.17. The number of hydrogen-bond acceptors (Lipinski definition) is 3. The minimum atomic E-state index is -4.42. The molecule has 2 rings (SSSR count). The van der Waals surface area contributed by atoms with Crippen LogP contribution in [0.15, 0.2) is 53.6 Å². The van der Waals surface area contributed by atoms with Crippen molar-refractivity contribution in [3.63, 3.8) is 0 Å². The maximum atomic E-state index is 12.5. The van der Waals surface area contributed by atoms with E-state index in [0.29, 0.717) is 11.3 Å². The number of nitrogens with zero attached hydrogens (tertiary/aromatic N) is 1. The van der Waals surface area contributed by atoms with Crippen molar-refractivity contribution < 1.29 is 18.0 Å².